The fourth-order valence-electron chi connectivity index (χ4n) is 2.23. The molecule has 3 nitrogen and oxygen atoms in total. The van der Waals surface area contributed by atoms with Crippen LogP contribution < -0.4 is 10.1 Å². The van der Waals surface area contributed by atoms with Crippen LogP contribution in [0.4, 0.5) is 0 Å². The SMILES string of the molecule is CNC(=O)c1ccccc1OCc1cc(C)cc(C)c1. The van der Waals surface area contributed by atoms with Gasteiger partial charge in [0.1, 0.15) is 12.4 Å². The maximum atomic E-state index is 11.8. The predicted octanol–water partition coefficient (Wildman–Crippen LogP) is 3.24. The first-order chi connectivity index (χ1) is 9.60. The number of rotatable bonds is 4. The number of carbonyl (C=O) groups excluding carboxylic acids is 1. The predicted molar refractivity (Wildman–Crippen MR) is 80.1 cm³/mol. The van der Waals surface area contributed by atoms with E-state index in [4.69, 9.17) is 4.74 Å². The Hall–Kier alpha value is -2.29. The van der Waals surface area contributed by atoms with Crippen molar-refractivity contribution in [3.05, 3.63) is 64.7 Å². The molecule has 1 N–H and O–H groups in total. The Bertz CT molecular complexity index is 600. The second kappa shape index (κ2) is 6.24. The Morgan fingerprint density at radius 1 is 1.10 bits per heavy atom. The molecule has 2 aromatic carbocycles. The highest BCUT2D eigenvalue weighted by Gasteiger charge is 2.10. The topological polar surface area (TPSA) is 38.3 Å². The molecular formula is C17H19NO2. The smallest absolute Gasteiger partial charge is 0.254 e. The molecule has 1 amide bonds. The van der Waals surface area contributed by atoms with E-state index in [1.807, 2.05) is 18.2 Å². The Morgan fingerprint density at radius 3 is 2.40 bits per heavy atom. The number of ether oxygens (including phenoxy) is 1. The van der Waals surface area contributed by atoms with E-state index in [1.165, 1.54) is 11.1 Å². The highest BCUT2D eigenvalue weighted by atomic mass is 16.5. The molecule has 0 radical (unpaired) electrons. The number of nitrogens with one attached hydrogen (secondary N) is 1. The van der Waals surface area contributed by atoms with Crippen molar-refractivity contribution < 1.29 is 9.53 Å². The highest BCUT2D eigenvalue weighted by molar-refractivity contribution is 5.96. The van der Waals surface area contributed by atoms with E-state index < -0.39 is 0 Å². The van der Waals surface area contributed by atoms with Crippen LogP contribution in [0.15, 0.2) is 42.5 Å². The lowest BCUT2D eigenvalue weighted by Crippen LogP contribution is -2.18. The van der Waals surface area contributed by atoms with Crippen molar-refractivity contribution in [3.63, 3.8) is 0 Å². The van der Waals surface area contributed by atoms with E-state index in [9.17, 15) is 4.79 Å². The van der Waals surface area contributed by atoms with Gasteiger partial charge >= 0.3 is 0 Å². The number of carbonyl (C=O) groups is 1. The van der Waals surface area contributed by atoms with Crippen LogP contribution in [0.1, 0.15) is 27.0 Å². The van der Waals surface area contributed by atoms with E-state index in [2.05, 4.69) is 37.4 Å². The summed E-state index contributed by atoms with van der Waals surface area (Å²) in [4.78, 5) is 11.8. The van der Waals surface area contributed by atoms with Gasteiger partial charge < -0.3 is 10.1 Å². The first-order valence-corrected chi connectivity index (χ1v) is 6.61. The minimum atomic E-state index is -0.138. The lowest BCUT2D eigenvalue weighted by atomic mass is 10.1. The van der Waals surface area contributed by atoms with Gasteiger partial charge in [-0.25, -0.2) is 0 Å². The Kier molecular flexibility index (Phi) is 4.41. The van der Waals surface area contributed by atoms with Gasteiger partial charge in [0, 0.05) is 7.05 Å². The van der Waals surface area contributed by atoms with Crippen molar-refractivity contribution in [1.82, 2.24) is 5.32 Å². The Morgan fingerprint density at radius 2 is 1.75 bits per heavy atom. The minimum absolute atomic E-state index is 0.138. The number of para-hydroxylation sites is 1. The van der Waals surface area contributed by atoms with E-state index in [0.29, 0.717) is 17.9 Å². The standard InChI is InChI=1S/C17H19NO2/c1-12-8-13(2)10-14(9-12)11-20-16-7-5-4-6-15(16)17(19)18-3/h4-10H,11H2,1-3H3,(H,18,19). The maximum Gasteiger partial charge on any atom is 0.254 e. The molecule has 20 heavy (non-hydrogen) atoms. The van der Waals surface area contributed by atoms with E-state index in [0.717, 1.165) is 5.56 Å². The van der Waals surface area contributed by atoms with Gasteiger partial charge in [-0.05, 0) is 31.5 Å². The summed E-state index contributed by atoms with van der Waals surface area (Å²) < 4.78 is 5.80. The summed E-state index contributed by atoms with van der Waals surface area (Å²) in [6.07, 6.45) is 0. The molecule has 104 valence electrons. The number of aryl methyl sites for hydroxylation is 2. The van der Waals surface area contributed by atoms with Crippen molar-refractivity contribution in [1.29, 1.82) is 0 Å². The van der Waals surface area contributed by atoms with Crippen LogP contribution in [-0.2, 0) is 6.61 Å². The summed E-state index contributed by atoms with van der Waals surface area (Å²) in [5.41, 5.74) is 4.08. The van der Waals surface area contributed by atoms with Crippen molar-refractivity contribution in [3.8, 4) is 5.75 Å². The van der Waals surface area contributed by atoms with Crippen LogP contribution in [0.3, 0.4) is 0 Å². The van der Waals surface area contributed by atoms with Gasteiger partial charge in [0.2, 0.25) is 0 Å². The van der Waals surface area contributed by atoms with Crippen molar-refractivity contribution >= 4 is 5.91 Å². The van der Waals surface area contributed by atoms with Crippen LogP contribution >= 0.6 is 0 Å². The number of hydrogen-bond acceptors (Lipinski definition) is 2. The fraction of sp³-hybridized carbons (Fsp3) is 0.235. The molecular weight excluding hydrogens is 250 g/mol. The molecule has 0 atom stereocenters. The molecule has 0 spiro atoms. The molecule has 0 bridgehead atoms. The third kappa shape index (κ3) is 3.38. The zero-order valence-electron chi connectivity index (χ0n) is 12.1. The van der Waals surface area contributed by atoms with Gasteiger partial charge in [-0.3, -0.25) is 4.79 Å². The average molecular weight is 269 g/mol. The maximum absolute atomic E-state index is 11.8. The van der Waals surface area contributed by atoms with Crippen LogP contribution in [0.25, 0.3) is 0 Å². The molecule has 0 unspecified atom stereocenters. The summed E-state index contributed by atoms with van der Waals surface area (Å²) in [5, 5.41) is 2.62. The molecule has 0 saturated carbocycles. The molecule has 0 saturated heterocycles. The molecule has 0 heterocycles. The van der Waals surface area contributed by atoms with Crippen molar-refractivity contribution in [2.24, 2.45) is 0 Å². The fourth-order valence-corrected chi connectivity index (χ4v) is 2.23. The third-order valence-electron chi connectivity index (χ3n) is 3.03. The molecule has 3 heteroatoms. The highest BCUT2D eigenvalue weighted by Crippen LogP contribution is 2.20. The molecule has 0 aromatic heterocycles. The first kappa shape index (κ1) is 14.1. The zero-order chi connectivity index (χ0) is 14.5. The Balaban J connectivity index is 2.16. The van der Waals surface area contributed by atoms with E-state index in [1.54, 1.807) is 13.1 Å². The number of benzene rings is 2. The molecule has 0 fully saturated rings. The van der Waals surface area contributed by atoms with Crippen LogP contribution in [0.5, 0.6) is 5.75 Å². The van der Waals surface area contributed by atoms with Crippen LogP contribution in [-0.4, -0.2) is 13.0 Å². The molecule has 2 rings (SSSR count). The zero-order valence-corrected chi connectivity index (χ0v) is 12.1. The van der Waals surface area contributed by atoms with Crippen LogP contribution in [0, 0.1) is 13.8 Å². The lowest BCUT2D eigenvalue weighted by molar-refractivity contribution is 0.0958. The van der Waals surface area contributed by atoms with E-state index in [-0.39, 0.29) is 5.91 Å². The summed E-state index contributed by atoms with van der Waals surface area (Å²) in [5.74, 6) is 0.465. The van der Waals surface area contributed by atoms with Gasteiger partial charge in [0.25, 0.3) is 5.91 Å². The second-order valence-corrected chi connectivity index (χ2v) is 4.86. The second-order valence-electron chi connectivity index (χ2n) is 4.86. The van der Waals surface area contributed by atoms with Gasteiger partial charge in [0.15, 0.2) is 0 Å². The average Bonchev–Trinajstić information content (AvgIpc) is 2.43. The lowest BCUT2D eigenvalue weighted by Gasteiger charge is -2.11. The normalized spacial score (nSPS) is 10.2. The molecule has 2 aromatic rings. The molecule has 0 aliphatic heterocycles. The summed E-state index contributed by atoms with van der Waals surface area (Å²) >= 11 is 0. The summed E-state index contributed by atoms with van der Waals surface area (Å²) in [6.45, 7) is 4.58. The Labute approximate surface area is 119 Å². The van der Waals surface area contributed by atoms with Crippen molar-refractivity contribution in [2.75, 3.05) is 7.05 Å². The summed E-state index contributed by atoms with van der Waals surface area (Å²) in [7, 11) is 1.61. The minimum Gasteiger partial charge on any atom is -0.488 e. The van der Waals surface area contributed by atoms with Gasteiger partial charge in [-0.15, -0.1) is 0 Å². The number of amides is 1. The summed E-state index contributed by atoms with van der Waals surface area (Å²) in [6, 6.07) is 13.6. The van der Waals surface area contributed by atoms with Crippen molar-refractivity contribution in [2.45, 2.75) is 20.5 Å². The molecule has 0 aliphatic rings. The van der Waals surface area contributed by atoms with Gasteiger partial charge in [-0.1, -0.05) is 41.5 Å². The third-order valence-corrected chi connectivity index (χ3v) is 3.03. The van der Waals surface area contributed by atoms with Gasteiger partial charge in [-0.2, -0.15) is 0 Å². The monoisotopic (exact) mass is 269 g/mol. The molecule has 0 aliphatic carbocycles. The quantitative estimate of drug-likeness (QED) is 0.925. The van der Waals surface area contributed by atoms with Gasteiger partial charge in [0.05, 0.1) is 5.56 Å². The number of hydrogen-bond donors (Lipinski definition) is 1. The van der Waals surface area contributed by atoms with Crippen LogP contribution in [0.2, 0.25) is 0 Å². The first-order valence-electron chi connectivity index (χ1n) is 6.61. The van der Waals surface area contributed by atoms with E-state index >= 15 is 0 Å². The largest absolute Gasteiger partial charge is 0.488 e.